The van der Waals surface area contributed by atoms with Gasteiger partial charge in [-0.3, -0.25) is 4.98 Å². The summed E-state index contributed by atoms with van der Waals surface area (Å²) in [6.07, 6.45) is 11.6. The molecule has 1 unspecified atom stereocenters. The highest BCUT2D eigenvalue weighted by atomic mass is 15.2. The van der Waals surface area contributed by atoms with Gasteiger partial charge in [0.15, 0.2) is 0 Å². The van der Waals surface area contributed by atoms with E-state index in [0.29, 0.717) is 12.1 Å². The first-order valence-corrected chi connectivity index (χ1v) is 15.1. The second-order valence-corrected chi connectivity index (χ2v) is 11.4. The molecule has 2 aliphatic rings. The minimum absolute atomic E-state index is 0.366. The number of fused-ring (bicyclic) bond motifs is 2. The number of aryl methyl sites for hydroxylation is 2. The lowest BCUT2D eigenvalue weighted by molar-refractivity contribution is 0.530. The maximum Gasteiger partial charge on any atom is 0.106 e. The molecule has 39 heavy (non-hydrogen) atoms. The molecule has 1 aliphatic heterocycles. The van der Waals surface area contributed by atoms with Gasteiger partial charge in [0.05, 0.1) is 11.4 Å². The van der Waals surface area contributed by atoms with Crippen LogP contribution in [0.25, 0.3) is 11.3 Å². The van der Waals surface area contributed by atoms with E-state index in [1.54, 1.807) is 0 Å². The summed E-state index contributed by atoms with van der Waals surface area (Å²) in [7, 11) is 2.05. The summed E-state index contributed by atoms with van der Waals surface area (Å²) < 4.78 is 0. The van der Waals surface area contributed by atoms with Crippen LogP contribution < -0.4 is 15.5 Å². The fourth-order valence-electron chi connectivity index (χ4n) is 6.49. The number of pyridine rings is 1. The van der Waals surface area contributed by atoms with E-state index in [1.165, 1.54) is 53.9 Å². The van der Waals surface area contributed by atoms with Gasteiger partial charge in [-0.15, -0.1) is 0 Å². The number of nitrogens with one attached hydrogen (secondary N) is 2. The highest BCUT2D eigenvalue weighted by Crippen LogP contribution is 2.33. The molecule has 0 radical (unpaired) electrons. The third kappa shape index (κ3) is 6.93. The number of allylic oxidation sites excluding steroid dienone is 2. The smallest absolute Gasteiger partial charge is 0.106 e. The summed E-state index contributed by atoms with van der Waals surface area (Å²) in [6.45, 7) is 15.4. The minimum atomic E-state index is 0.366. The molecule has 0 amide bonds. The highest BCUT2D eigenvalue weighted by molar-refractivity contribution is 6.00. The number of hydrogen-bond acceptors (Lipinski definition) is 5. The standard InChI is InChI=1S/C34H49N5/c1-8-13-30-16-12-17-32(35-7)31(9-2)33-22-27(21-24(4)36-33)25(5)37-26(6)39(30)34-19-18-29(20-23(34)3)38-28-14-10-11-15-28/h18-22,28,30,35,38H,5,8-17H2,1-4,6-7H3/b32-31+,37-26+. The zero-order chi connectivity index (χ0) is 27.9. The van der Waals surface area contributed by atoms with E-state index in [9.17, 15) is 0 Å². The molecule has 2 aromatic rings. The monoisotopic (exact) mass is 527 g/mol. The molecule has 210 valence electrons. The van der Waals surface area contributed by atoms with Gasteiger partial charge in [0.1, 0.15) is 5.84 Å². The van der Waals surface area contributed by atoms with Crippen LogP contribution in [0.1, 0.15) is 107 Å². The van der Waals surface area contributed by atoms with Gasteiger partial charge in [-0.2, -0.15) is 0 Å². The first-order chi connectivity index (χ1) is 18.8. The Morgan fingerprint density at radius 1 is 1.00 bits per heavy atom. The molecule has 1 fully saturated rings. The van der Waals surface area contributed by atoms with Crippen LogP contribution in [-0.4, -0.2) is 30.0 Å². The van der Waals surface area contributed by atoms with Crippen LogP contribution in [0.15, 0.2) is 47.6 Å². The number of hydrogen-bond donors (Lipinski definition) is 2. The number of rotatable bonds is 7. The molecule has 2 heterocycles. The molecule has 2 bridgehead atoms. The van der Waals surface area contributed by atoms with Crippen molar-refractivity contribution in [2.45, 2.75) is 111 Å². The van der Waals surface area contributed by atoms with Crippen molar-refractivity contribution in [2.24, 2.45) is 4.99 Å². The second kappa shape index (κ2) is 13.3. The average molecular weight is 528 g/mol. The van der Waals surface area contributed by atoms with E-state index in [-0.39, 0.29) is 0 Å². The summed E-state index contributed by atoms with van der Waals surface area (Å²) >= 11 is 0. The number of anilines is 2. The Labute approximate surface area is 236 Å². The van der Waals surface area contributed by atoms with Crippen molar-refractivity contribution >= 4 is 28.5 Å². The molecule has 5 heteroatoms. The molecule has 1 saturated carbocycles. The molecular weight excluding hydrogens is 478 g/mol. The molecule has 1 aromatic carbocycles. The van der Waals surface area contributed by atoms with Crippen molar-refractivity contribution in [1.29, 1.82) is 0 Å². The predicted octanol–water partition coefficient (Wildman–Crippen LogP) is 8.64. The molecule has 0 saturated heterocycles. The van der Waals surface area contributed by atoms with E-state index < -0.39 is 0 Å². The Morgan fingerprint density at radius 2 is 1.77 bits per heavy atom. The van der Waals surface area contributed by atoms with Gasteiger partial charge in [-0.1, -0.05) is 39.7 Å². The topological polar surface area (TPSA) is 52.5 Å². The Kier molecular flexibility index (Phi) is 9.88. The van der Waals surface area contributed by atoms with Gasteiger partial charge < -0.3 is 15.5 Å². The van der Waals surface area contributed by atoms with Gasteiger partial charge >= 0.3 is 0 Å². The summed E-state index contributed by atoms with van der Waals surface area (Å²) in [5, 5.41) is 7.30. The van der Waals surface area contributed by atoms with Crippen LogP contribution in [0.3, 0.4) is 0 Å². The Bertz CT molecular complexity index is 1220. The summed E-state index contributed by atoms with van der Waals surface area (Å²) in [5.41, 5.74) is 10.2. The van der Waals surface area contributed by atoms with Gasteiger partial charge in [0.2, 0.25) is 0 Å². The molecule has 0 spiro atoms. The van der Waals surface area contributed by atoms with Crippen molar-refractivity contribution in [2.75, 3.05) is 17.3 Å². The normalized spacial score (nSPS) is 22.5. The zero-order valence-corrected chi connectivity index (χ0v) is 25.2. The maximum atomic E-state index is 5.16. The van der Waals surface area contributed by atoms with Gasteiger partial charge in [0.25, 0.3) is 0 Å². The van der Waals surface area contributed by atoms with Crippen LogP contribution in [0.4, 0.5) is 11.4 Å². The fourth-order valence-corrected chi connectivity index (χ4v) is 6.49. The average Bonchev–Trinajstić information content (AvgIpc) is 3.41. The first-order valence-electron chi connectivity index (χ1n) is 15.1. The second-order valence-electron chi connectivity index (χ2n) is 11.4. The first kappa shape index (κ1) is 28.9. The number of aromatic nitrogens is 1. The molecule has 1 aromatic heterocycles. The summed E-state index contributed by atoms with van der Waals surface area (Å²) in [5.74, 6) is 1.01. The van der Waals surface area contributed by atoms with Crippen molar-refractivity contribution in [1.82, 2.24) is 10.3 Å². The lowest BCUT2D eigenvalue weighted by Crippen LogP contribution is -2.40. The summed E-state index contributed by atoms with van der Waals surface area (Å²) in [6, 6.07) is 12.1. The van der Waals surface area contributed by atoms with E-state index in [0.717, 1.165) is 67.0 Å². The maximum absolute atomic E-state index is 5.16. The Balaban J connectivity index is 1.77. The van der Waals surface area contributed by atoms with E-state index in [4.69, 9.17) is 9.98 Å². The van der Waals surface area contributed by atoms with Crippen LogP contribution in [0.5, 0.6) is 0 Å². The molecule has 1 aliphatic carbocycles. The van der Waals surface area contributed by atoms with Crippen molar-refractivity contribution in [3.05, 3.63) is 65.1 Å². The van der Waals surface area contributed by atoms with Crippen LogP contribution in [-0.2, 0) is 0 Å². The van der Waals surface area contributed by atoms with E-state index in [2.05, 4.69) is 87.1 Å². The van der Waals surface area contributed by atoms with Crippen LogP contribution in [0, 0.1) is 13.8 Å². The van der Waals surface area contributed by atoms with E-state index in [1.807, 2.05) is 7.05 Å². The van der Waals surface area contributed by atoms with Gasteiger partial charge in [-0.05, 0) is 107 Å². The molecule has 4 rings (SSSR count). The fraction of sp³-hybridized carbons (Fsp3) is 0.529. The quantitative estimate of drug-likeness (QED) is 0.378. The van der Waals surface area contributed by atoms with Crippen LogP contribution in [0.2, 0.25) is 0 Å². The van der Waals surface area contributed by atoms with E-state index >= 15 is 0 Å². The number of benzene rings is 1. The van der Waals surface area contributed by atoms with Crippen molar-refractivity contribution < 1.29 is 0 Å². The van der Waals surface area contributed by atoms with Crippen LogP contribution >= 0.6 is 0 Å². The molecule has 5 nitrogen and oxygen atoms in total. The number of nitrogens with zero attached hydrogens (tertiary/aromatic N) is 3. The lowest BCUT2D eigenvalue weighted by Gasteiger charge is -2.35. The third-order valence-electron chi connectivity index (χ3n) is 8.39. The highest BCUT2D eigenvalue weighted by Gasteiger charge is 2.24. The zero-order valence-electron chi connectivity index (χ0n) is 25.2. The number of amidine groups is 1. The summed E-state index contributed by atoms with van der Waals surface area (Å²) in [4.78, 5) is 12.6. The van der Waals surface area contributed by atoms with Gasteiger partial charge in [0, 0.05) is 47.5 Å². The third-order valence-corrected chi connectivity index (χ3v) is 8.39. The largest absolute Gasteiger partial charge is 0.391 e. The molecule has 1 atom stereocenters. The Hall–Kier alpha value is -3.08. The number of aliphatic imine (C=N–C) groups is 1. The minimum Gasteiger partial charge on any atom is -0.391 e. The SMILES string of the molecule is C=C1/N=C(\C)N(c2ccc(NC3CCCC3)cc2C)C(CCC)CCC/C(NC)=C(/CC)c2cc1cc(C)n2. The lowest BCUT2D eigenvalue weighted by atomic mass is 9.97. The molecule has 2 N–H and O–H groups in total. The molecular formula is C34H49N5. The van der Waals surface area contributed by atoms with Crippen molar-refractivity contribution in [3.8, 4) is 0 Å². The predicted molar refractivity (Wildman–Crippen MR) is 169 cm³/mol. The van der Waals surface area contributed by atoms with Gasteiger partial charge in [-0.25, -0.2) is 4.99 Å². The van der Waals surface area contributed by atoms with Crippen molar-refractivity contribution in [3.63, 3.8) is 0 Å². The Morgan fingerprint density at radius 3 is 2.44 bits per heavy atom.